The summed E-state index contributed by atoms with van der Waals surface area (Å²) in [4.78, 5) is 16.3. The van der Waals surface area contributed by atoms with Crippen LogP contribution in [0.5, 0.6) is 0 Å². The number of aryl methyl sites for hydroxylation is 1. The van der Waals surface area contributed by atoms with Crippen LogP contribution in [0.3, 0.4) is 0 Å². The third-order valence-corrected chi connectivity index (χ3v) is 5.93. The fourth-order valence-electron chi connectivity index (χ4n) is 3.63. The van der Waals surface area contributed by atoms with Crippen molar-refractivity contribution in [3.05, 3.63) is 63.5 Å². The van der Waals surface area contributed by atoms with E-state index in [2.05, 4.69) is 65.8 Å². The number of aromatic amines is 1. The molecule has 3 aromatic rings. The highest BCUT2D eigenvalue weighted by atomic mass is 32.1. The number of H-pyrrole nitrogens is 1. The maximum Gasteiger partial charge on any atom is 0.273 e. The number of thiophene rings is 1. The van der Waals surface area contributed by atoms with Crippen LogP contribution in [-0.2, 0) is 0 Å². The summed E-state index contributed by atoms with van der Waals surface area (Å²) in [5.74, 6) is 0.0698. The Morgan fingerprint density at radius 2 is 2.00 bits per heavy atom. The zero-order valence-corrected chi connectivity index (χ0v) is 16.0. The van der Waals surface area contributed by atoms with Gasteiger partial charge in [0, 0.05) is 22.5 Å². The molecule has 1 amide bonds. The second-order valence-electron chi connectivity index (χ2n) is 6.85. The van der Waals surface area contributed by atoms with E-state index in [0.717, 1.165) is 42.6 Å². The lowest BCUT2D eigenvalue weighted by Gasteiger charge is -2.25. The van der Waals surface area contributed by atoms with Crippen molar-refractivity contribution >= 4 is 17.2 Å². The smallest absolute Gasteiger partial charge is 0.273 e. The second-order valence-corrected chi connectivity index (χ2v) is 7.83. The molecule has 134 valence electrons. The molecule has 1 N–H and O–H groups in total. The van der Waals surface area contributed by atoms with Crippen molar-refractivity contribution in [3.8, 4) is 11.3 Å². The van der Waals surface area contributed by atoms with Gasteiger partial charge in [-0.25, -0.2) is 0 Å². The predicted octanol–water partition coefficient (Wildman–Crippen LogP) is 5.18. The predicted molar refractivity (Wildman–Crippen MR) is 105 cm³/mol. The van der Waals surface area contributed by atoms with Gasteiger partial charge in [0.1, 0.15) is 5.69 Å². The highest BCUT2D eigenvalue weighted by molar-refractivity contribution is 7.10. The number of fused-ring (bicyclic) bond motifs is 1. The number of rotatable bonds is 6. The molecular formula is C21H23N3OS. The number of hydrogen-bond acceptors (Lipinski definition) is 3. The summed E-state index contributed by atoms with van der Waals surface area (Å²) >= 11 is 1.70. The fourth-order valence-corrected chi connectivity index (χ4v) is 4.48. The first-order valence-electron chi connectivity index (χ1n) is 9.20. The first-order chi connectivity index (χ1) is 12.7. The molecule has 0 saturated heterocycles. The number of amides is 1. The largest absolute Gasteiger partial charge is 0.325 e. The van der Waals surface area contributed by atoms with Gasteiger partial charge in [-0.2, -0.15) is 5.10 Å². The fraction of sp³-hybridized carbons (Fsp3) is 0.333. The van der Waals surface area contributed by atoms with E-state index < -0.39 is 0 Å². The van der Waals surface area contributed by atoms with Crippen molar-refractivity contribution in [2.75, 3.05) is 6.54 Å². The van der Waals surface area contributed by atoms with Crippen LogP contribution in [0.1, 0.15) is 58.7 Å². The lowest BCUT2D eigenvalue weighted by molar-refractivity contribution is 0.0742. The topological polar surface area (TPSA) is 49.0 Å². The van der Waals surface area contributed by atoms with Gasteiger partial charge in [0.05, 0.1) is 11.7 Å². The van der Waals surface area contributed by atoms with Crippen LogP contribution in [0.2, 0.25) is 0 Å². The van der Waals surface area contributed by atoms with E-state index in [0.29, 0.717) is 5.69 Å². The third kappa shape index (κ3) is 2.86. The summed E-state index contributed by atoms with van der Waals surface area (Å²) in [7, 11) is 0. The molecule has 0 bridgehead atoms. The van der Waals surface area contributed by atoms with Crippen molar-refractivity contribution in [2.24, 2.45) is 0 Å². The Morgan fingerprint density at radius 1 is 1.19 bits per heavy atom. The summed E-state index contributed by atoms with van der Waals surface area (Å²) in [6.07, 6.45) is 3.31. The first-order valence-corrected chi connectivity index (χ1v) is 10.1. The van der Waals surface area contributed by atoms with Crippen LogP contribution in [-0.4, -0.2) is 27.5 Å². The average Bonchev–Trinajstić information content (AvgIpc) is 3.35. The van der Waals surface area contributed by atoms with Crippen molar-refractivity contribution in [2.45, 2.75) is 39.2 Å². The molecule has 0 aliphatic carbocycles. The molecule has 3 heterocycles. The molecule has 5 heteroatoms. The lowest BCUT2D eigenvalue weighted by Crippen LogP contribution is -2.30. The first kappa shape index (κ1) is 17.0. The number of hydrogen-bond donors (Lipinski definition) is 1. The molecule has 1 atom stereocenters. The maximum absolute atomic E-state index is 13.1. The number of benzene rings is 1. The number of carbonyl (C=O) groups excluding carboxylic acids is 1. The number of nitrogens with zero attached hydrogens (tertiary/aromatic N) is 2. The van der Waals surface area contributed by atoms with Gasteiger partial charge in [0.15, 0.2) is 0 Å². The Kier molecular flexibility index (Phi) is 4.64. The van der Waals surface area contributed by atoms with Gasteiger partial charge >= 0.3 is 0 Å². The molecule has 1 aliphatic heterocycles. The van der Waals surface area contributed by atoms with Crippen LogP contribution in [0.15, 0.2) is 41.8 Å². The highest BCUT2D eigenvalue weighted by Crippen LogP contribution is 2.44. The van der Waals surface area contributed by atoms with Crippen LogP contribution < -0.4 is 0 Å². The molecule has 0 fully saturated rings. The van der Waals surface area contributed by atoms with E-state index in [9.17, 15) is 4.79 Å². The van der Waals surface area contributed by atoms with Crippen LogP contribution >= 0.6 is 11.3 Å². The molecule has 1 aromatic carbocycles. The molecule has 0 saturated carbocycles. The SMILES string of the molecule is CCCCCN1C(=O)c2[nH]nc(-c3ccc(C)cc3)c2C1c1cccs1. The molecule has 0 spiro atoms. The third-order valence-electron chi connectivity index (χ3n) is 5.00. The Labute approximate surface area is 157 Å². The van der Waals surface area contributed by atoms with Gasteiger partial charge in [-0.3, -0.25) is 9.89 Å². The summed E-state index contributed by atoms with van der Waals surface area (Å²) < 4.78 is 0. The normalized spacial score (nSPS) is 16.3. The average molecular weight is 366 g/mol. The quantitative estimate of drug-likeness (QED) is 0.612. The molecule has 1 aliphatic rings. The standard InChI is InChI=1S/C21H23N3OS/c1-3-4-5-12-24-20(16-7-6-13-26-16)17-18(22-23-19(17)21(24)25)15-10-8-14(2)9-11-15/h6-11,13,20H,3-5,12H2,1-2H3,(H,22,23). The van der Waals surface area contributed by atoms with E-state index >= 15 is 0 Å². The number of carbonyl (C=O) groups is 1. The minimum atomic E-state index is -0.0376. The van der Waals surface area contributed by atoms with Crippen LogP contribution in [0.4, 0.5) is 0 Å². The van der Waals surface area contributed by atoms with Crippen LogP contribution in [0.25, 0.3) is 11.3 Å². The van der Waals surface area contributed by atoms with Crippen molar-refractivity contribution in [3.63, 3.8) is 0 Å². The monoisotopic (exact) mass is 365 g/mol. The number of nitrogens with one attached hydrogen (secondary N) is 1. The Morgan fingerprint density at radius 3 is 2.69 bits per heavy atom. The van der Waals surface area contributed by atoms with E-state index in [4.69, 9.17) is 0 Å². The van der Waals surface area contributed by atoms with Gasteiger partial charge in [-0.05, 0) is 24.8 Å². The van der Waals surface area contributed by atoms with Gasteiger partial charge in [-0.15, -0.1) is 11.3 Å². The molecule has 4 rings (SSSR count). The van der Waals surface area contributed by atoms with E-state index in [-0.39, 0.29) is 11.9 Å². The maximum atomic E-state index is 13.1. The summed E-state index contributed by atoms with van der Waals surface area (Å²) in [6.45, 7) is 5.04. The summed E-state index contributed by atoms with van der Waals surface area (Å²) in [6, 6.07) is 12.5. The van der Waals surface area contributed by atoms with Gasteiger partial charge < -0.3 is 4.90 Å². The molecule has 0 radical (unpaired) electrons. The Hall–Kier alpha value is -2.40. The molecule has 4 nitrogen and oxygen atoms in total. The van der Waals surface area contributed by atoms with E-state index in [1.54, 1.807) is 11.3 Å². The molecule has 1 unspecified atom stereocenters. The van der Waals surface area contributed by atoms with Crippen LogP contribution in [0, 0.1) is 6.92 Å². The lowest BCUT2D eigenvalue weighted by atomic mass is 10.00. The van der Waals surface area contributed by atoms with Crippen molar-refractivity contribution in [1.29, 1.82) is 0 Å². The minimum Gasteiger partial charge on any atom is -0.325 e. The molecule has 2 aromatic heterocycles. The zero-order chi connectivity index (χ0) is 18.1. The Bertz CT molecular complexity index is 896. The molecule has 26 heavy (non-hydrogen) atoms. The van der Waals surface area contributed by atoms with E-state index in [1.165, 1.54) is 10.4 Å². The van der Waals surface area contributed by atoms with E-state index in [1.807, 2.05) is 4.90 Å². The summed E-state index contributed by atoms with van der Waals surface area (Å²) in [5.41, 5.74) is 4.84. The number of unbranched alkanes of at least 4 members (excludes halogenated alkanes) is 2. The second kappa shape index (κ2) is 7.08. The van der Waals surface area contributed by atoms with Gasteiger partial charge in [-0.1, -0.05) is 55.7 Å². The number of aromatic nitrogens is 2. The minimum absolute atomic E-state index is 0.0376. The van der Waals surface area contributed by atoms with Gasteiger partial charge in [0.2, 0.25) is 0 Å². The van der Waals surface area contributed by atoms with Gasteiger partial charge in [0.25, 0.3) is 5.91 Å². The zero-order valence-electron chi connectivity index (χ0n) is 15.2. The molecular weight excluding hydrogens is 342 g/mol. The Balaban J connectivity index is 1.78. The highest BCUT2D eigenvalue weighted by Gasteiger charge is 2.42. The van der Waals surface area contributed by atoms with Crippen molar-refractivity contribution < 1.29 is 4.79 Å². The van der Waals surface area contributed by atoms with Crippen molar-refractivity contribution in [1.82, 2.24) is 15.1 Å². The summed E-state index contributed by atoms with van der Waals surface area (Å²) in [5, 5.41) is 9.61.